The van der Waals surface area contributed by atoms with E-state index in [2.05, 4.69) is 23.5 Å². The molecule has 176 valence electrons. The minimum atomic E-state index is -1.25. The largest absolute Gasteiger partial charge is 0.493 e. The monoisotopic (exact) mass is 485 g/mol. The van der Waals surface area contributed by atoms with E-state index in [1.54, 1.807) is 14.2 Å². The molecule has 1 saturated heterocycles. The quantitative estimate of drug-likeness (QED) is 0.534. The van der Waals surface area contributed by atoms with Crippen LogP contribution in [0.25, 0.3) is 6.08 Å². The Labute approximate surface area is 207 Å². The van der Waals surface area contributed by atoms with Gasteiger partial charge in [-0.2, -0.15) is 5.10 Å². The van der Waals surface area contributed by atoms with Crippen molar-refractivity contribution in [2.75, 3.05) is 14.2 Å². The van der Waals surface area contributed by atoms with Gasteiger partial charge >= 0.3 is 5.85 Å². The van der Waals surface area contributed by atoms with Crippen LogP contribution in [-0.2, 0) is 0 Å². The Morgan fingerprint density at radius 3 is 2.63 bits per heavy atom. The second kappa shape index (κ2) is 8.39. The van der Waals surface area contributed by atoms with E-state index < -0.39 is 5.85 Å². The van der Waals surface area contributed by atoms with Gasteiger partial charge in [0, 0.05) is 12.0 Å². The van der Waals surface area contributed by atoms with Gasteiger partial charge in [0.25, 0.3) is 5.24 Å². The molecule has 1 amide bonds. The normalized spacial score (nSPS) is 23.4. The topological polar surface area (TPSA) is 72.4 Å². The van der Waals surface area contributed by atoms with Crippen molar-refractivity contribution in [2.24, 2.45) is 5.10 Å². The van der Waals surface area contributed by atoms with Crippen molar-refractivity contribution in [3.63, 3.8) is 0 Å². The summed E-state index contributed by atoms with van der Waals surface area (Å²) in [5.41, 5.74) is 3.90. The summed E-state index contributed by atoms with van der Waals surface area (Å²) in [5.74, 6) is 0.734. The molecule has 0 saturated carbocycles. The van der Waals surface area contributed by atoms with Crippen molar-refractivity contribution in [3.8, 4) is 17.2 Å². The number of hydrazone groups is 1. The molecule has 1 spiro atoms. The van der Waals surface area contributed by atoms with Crippen LogP contribution >= 0.6 is 11.8 Å². The van der Waals surface area contributed by atoms with Crippen molar-refractivity contribution in [1.29, 1.82) is 0 Å². The van der Waals surface area contributed by atoms with Gasteiger partial charge in [-0.1, -0.05) is 54.6 Å². The molecule has 8 heteroatoms. The fourth-order valence-electron chi connectivity index (χ4n) is 4.76. The van der Waals surface area contributed by atoms with E-state index in [1.807, 2.05) is 65.7 Å². The summed E-state index contributed by atoms with van der Waals surface area (Å²) in [7, 11) is 3.20. The number of thioether (sulfide) groups is 1. The van der Waals surface area contributed by atoms with E-state index in [1.165, 1.54) is 0 Å². The first-order valence-corrected chi connectivity index (χ1v) is 12.1. The number of benzene rings is 3. The van der Waals surface area contributed by atoms with Crippen LogP contribution in [0.3, 0.4) is 0 Å². The minimum Gasteiger partial charge on any atom is -0.493 e. The number of ether oxygens (including phenoxy) is 3. The second-order valence-corrected chi connectivity index (χ2v) is 9.41. The smallest absolute Gasteiger partial charge is 0.314 e. The maximum atomic E-state index is 12.8. The van der Waals surface area contributed by atoms with E-state index in [-0.39, 0.29) is 11.3 Å². The van der Waals surface area contributed by atoms with E-state index in [0.29, 0.717) is 22.8 Å². The molecule has 2 atom stereocenters. The van der Waals surface area contributed by atoms with Crippen LogP contribution < -0.4 is 19.5 Å². The third-order valence-corrected chi connectivity index (χ3v) is 7.29. The third-order valence-electron chi connectivity index (χ3n) is 6.39. The molecule has 3 aromatic rings. The summed E-state index contributed by atoms with van der Waals surface area (Å²) >= 11 is 1.11. The van der Waals surface area contributed by atoms with Gasteiger partial charge in [-0.25, -0.2) is 5.01 Å². The number of carbonyl (C=O) groups excluding carboxylic acids is 1. The molecule has 0 radical (unpaired) electrons. The lowest BCUT2D eigenvalue weighted by Gasteiger charge is -2.45. The highest BCUT2D eigenvalue weighted by molar-refractivity contribution is 8.17. The summed E-state index contributed by atoms with van der Waals surface area (Å²) < 4.78 is 17.4. The fraction of sp³-hybridized carbons (Fsp3) is 0.185. The van der Waals surface area contributed by atoms with Crippen molar-refractivity contribution < 1.29 is 19.0 Å². The molecule has 1 N–H and O–H groups in total. The average Bonchev–Trinajstić information content (AvgIpc) is 3.47. The summed E-state index contributed by atoms with van der Waals surface area (Å²) in [6.45, 7) is 0. The number of nitrogens with one attached hydrogen (secondary N) is 1. The molecule has 0 aromatic heterocycles. The first-order valence-electron chi connectivity index (χ1n) is 11.3. The van der Waals surface area contributed by atoms with Gasteiger partial charge in [0.1, 0.15) is 5.75 Å². The number of methoxy groups -OCH3 is 2. The van der Waals surface area contributed by atoms with Crippen molar-refractivity contribution in [1.82, 2.24) is 10.3 Å². The molecule has 0 bridgehead atoms. The molecule has 1 fully saturated rings. The number of para-hydroxylation sites is 1. The molecule has 3 heterocycles. The maximum Gasteiger partial charge on any atom is 0.314 e. The Morgan fingerprint density at radius 1 is 1.06 bits per heavy atom. The zero-order valence-electron chi connectivity index (χ0n) is 19.2. The summed E-state index contributed by atoms with van der Waals surface area (Å²) in [6, 6.07) is 23.6. The molecule has 3 aliphatic heterocycles. The molecular formula is C27H23N3O4S. The zero-order chi connectivity index (χ0) is 24.0. The Morgan fingerprint density at radius 2 is 1.83 bits per heavy atom. The number of amides is 1. The van der Waals surface area contributed by atoms with E-state index in [0.717, 1.165) is 39.9 Å². The molecule has 0 aliphatic carbocycles. The van der Waals surface area contributed by atoms with Gasteiger partial charge < -0.3 is 14.2 Å². The van der Waals surface area contributed by atoms with Crippen LogP contribution in [0.5, 0.6) is 17.2 Å². The van der Waals surface area contributed by atoms with Crippen LogP contribution in [0.1, 0.15) is 29.2 Å². The molecule has 35 heavy (non-hydrogen) atoms. The highest BCUT2D eigenvalue weighted by Gasteiger charge is 2.58. The van der Waals surface area contributed by atoms with Crippen LogP contribution in [0.4, 0.5) is 4.79 Å². The number of fused-ring (bicyclic) bond motifs is 4. The average molecular weight is 486 g/mol. The maximum absolute atomic E-state index is 12.8. The number of rotatable bonds is 4. The first-order chi connectivity index (χ1) is 17.1. The Balaban J connectivity index is 1.49. The molecule has 7 nitrogen and oxygen atoms in total. The van der Waals surface area contributed by atoms with Crippen LogP contribution in [0.15, 0.2) is 82.8 Å². The van der Waals surface area contributed by atoms with Gasteiger partial charge in [0.2, 0.25) is 0 Å². The van der Waals surface area contributed by atoms with E-state index in [9.17, 15) is 4.79 Å². The van der Waals surface area contributed by atoms with Gasteiger partial charge in [-0.15, -0.1) is 0 Å². The van der Waals surface area contributed by atoms with Crippen LogP contribution in [0, 0.1) is 0 Å². The lowest BCUT2D eigenvalue weighted by Crippen LogP contribution is -2.61. The Bertz CT molecular complexity index is 1370. The summed E-state index contributed by atoms with van der Waals surface area (Å²) in [6.07, 6.45) is 2.64. The molecular weight excluding hydrogens is 462 g/mol. The van der Waals surface area contributed by atoms with Gasteiger partial charge in [-0.05, 0) is 47.2 Å². The van der Waals surface area contributed by atoms with E-state index >= 15 is 0 Å². The number of nitrogens with zero attached hydrogens (tertiary/aromatic N) is 2. The van der Waals surface area contributed by atoms with Crippen molar-refractivity contribution in [3.05, 3.63) is 94.4 Å². The molecule has 2 unspecified atom stereocenters. The van der Waals surface area contributed by atoms with Gasteiger partial charge in [-0.3, -0.25) is 10.1 Å². The molecule has 6 rings (SSSR count). The predicted octanol–water partition coefficient (Wildman–Crippen LogP) is 5.40. The fourth-order valence-corrected chi connectivity index (χ4v) is 5.67. The third kappa shape index (κ3) is 3.52. The van der Waals surface area contributed by atoms with Crippen molar-refractivity contribution >= 4 is 28.8 Å². The van der Waals surface area contributed by atoms with Gasteiger partial charge in [0.15, 0.2) is 11.5 Å². The number of hydrogen-bond acceptors (Lipinski definition) is 7. The van der Waals surface area contributed by atoms with Crippen molar-refractivity contribution in [2.45, 2.75) is 18.3 Å². The Hall–Kier alpha value is -3.91. The minimum absolute atomic E-state index is 0.0806. The SMILES string of the molecule is COc1ccc(C=C2SC(=O)NC23Oc2ccccc2C2CC(c4ccccc4)=NN23)cc1OC. The van der Waals surface area contributed by atoms with Crippen LogP contribution in [0.2, 0.25) is 0 Å². The summed E-state index contributed by atoms with van der Waals surface area (Å²) in [4.78, 5) is 13.5. The summed E-state index contributed by atoms with van der Waals surface area (Å²) in [5, 5.41) is 9.79. The number of carbonyl (C=O) groups is 1. The molecule has 3 aliphatic rings. The standard InChI is InChI=1S/C27H23N3O4S/c1-32-23-13-12-17(14-24(23)33-2)15-25-27(28-26(31)35-25)30-21(19-10-6-7-11-22(19)34-27)16-20(29-30)18-8-4-3-5-9-18/h3-15,21H,16H2,1-2H3,(H,28,31). The zero-order valence-corrected chi connectivity index (χ0v) is 20.0. The second-order valence-electron chi connectivity index (χ2n) is 8.40. The predicted molar refractivity (Wildman–Crippen MR) is 136 cm³/mol. The van der Waals surface area contributed by atoms with Crippen LogP contribution in [-0.4, -0.2) is 36.0 Å². The lowest BCUT2D eigenvalue weighted by atomic mass is 9.95. The lowest BCUT2D eigenvalue weighted by molar-refractivity contribution is -0.0949. The van der Waals surface area contributed by atoms with Gasteiger partial charge in [0.05, 0.1) is 30.9 Å². The highest BCUT2D eigenvalue weighted by Crippen LogP contribution is 2.52. The van der Waals surface area contributed by atoms with E-state index in [4.69, 9.17) is 19.3 Å². The Kier molecular flexibility index (Phi) is 5.18. The first kappa shape index (κ1) is 21.6. The molecule has 3 aromatic carbocycles. The highest BCUT2D eigenvalue weighted by atomic mass is 32.2. The number of hydrogen-bond donors (Lipinski definition) is 1.